The van der Waals surface area contributed by atoms with Gasteiger partial charge in [0.15, 0.2) is 5.96 Å². The Morgan fingerprint density at radius 3 is 2.27 bits per heavy atom. The van der Waals surface area contributed by atoms with Crippen molar-refractivity contribution < 1.29 is 4.79 Å². The summed E-state index contributed by atoms with van der Waals surface area (Å²) >= 11 is 0. The van der Waals surface area contributed by atoms with Crippen molar-refractivity contribution in [1.29, 1.82) is 0 Å². The first-order chi connectivity index (χ1) is 10.5. The van der Waals surface area contributed by atoms with E-state index in [-0.39, 0.29) is 5.91 Å². The van der Waals surface area contributed by atoms with Crippen LogP contribution in [-0.2, 0) is 4.79 Å². The van der Waals surface area contributed by atoms with E-state index in [4.69, 9.17) is 0 Å². The Balaban J connectivity index is 2.60. The molecule has 1 heterocycles. The van der Waals surface area contributed by atoms with Crippen molar-refractivity contribution in [3.63, 3.8) is 0 Å². The highest BCUT2D eigenvalue weighted by atomic mass is 16.2. The molecule has 22 heavy (non-hydrogen) atoms. The van der Waals surface area contributed by atoms with Crippen LogP contribution in [0.15, 0.2) is 4.99 Å². The van der Waals surface area contributed by atoms with Gasteiger partial charge in [-0.1, -0.05) is 13.8 Å². The first-order valence-corrected chi connectivity index (χ1v) is 8.82. The summed E-state index contributed by atoms with van der Waals surface area (Å²) in [4.78, 5) is 20.9. The smallest absolute Gasteiger partial charge is 0.224 e. The van der Waals surface area contributed by atoms with Gasteiger partial charge in [0.25, 0.3) is 0 Å². The summed E-state index contributed by atoms with van der Waals surface area (Å²) in [5, 5.41) is 3.38. The third-order valence-electron chi connectivity index (χ3n) is 4.21. The average molecular weight is 310 g/mol. The number of likely N-dealkylation sites (tertiary alicyclic amines) is 1. The Labute approximate surface area is 136 Å². The molecule has 0 aromatic carbocycles. The number of nitrogens with one attached hydrogen (secondary N) is 1. The van der Waals surface area contributed by atoms with Crippen LogP contribution < -0.4 is 5.32 Å². The van der Waals surface area contributed by atoms with Gasteiger partial charge >= 0.3 is 0 Å². The van der Waals surface area contributed by atoms with E-state index in [1.165, 1.54) is 6.42 Å². The molecule has 5 heteroatoms. The van der Waals surface area contributed by atoms with Gasteiger partial charge in [-0.05, 0) is 39.0 Å². The fraction of sp³-hybridized carbons (Fsp3) is 0.882. The molecule has 2 atom stereocenters. The Morgan fingerprint density at radius 2 is 1.77 bits per heavy atom. The lowest BCUT2D eigenvalue weighted by molar-refractivity contribution is -0.130. The Morgan fingerprint density at radius 1 is 1.18 bits per heavy atom. The highest BCUT2D eigenvalue weighted by molar-refractivity contribution is 5.81. The van der Waals surface area contributed by atoms with Crippen molar-refractivity contribution in [3.05, 3.63) is 0 Å². The fourth-order valence-electron chi connectivity index (χ4n) is 3.25. The molecule has 1 aliphatic heterocycles. The summed E-state index contributed by atoms with van der Waals surface area (Å²) in [6, 6.07) is 0. The molecule has 1 fully saturated rings. The second-order valence-corrected chi connectivity index (χ2v) is 6.40. The van der Waals surface area contributed by atoms with E-state index in [0.29, 0.717) is 24.8 Å². The number of hydrogen-bond donors (Lipinski definition) is 1. The van der Waals surface area contributed by atoms with Crippen LogP contribution in [0.5, 0.6) is 0 Å². The monoisotopic (exact) mass is 310 g/mol. The molecule has 1 aliphatic rings. The molecule has 0 aliphatic carbocycles. The molecule has 2 unspecified atom stereocenters. The molecule has 0 spiro atoms. The number of hydrogen-bond acceptors (Lipinski definition) is 2. The third-order valence-corrected chi connectivity index (χ3v) is 4.21. The molecule has 128 valence electrons. The van der Waals surface area contributed by atoms with Crippen molar-refractivity contribution in [2.75, 3.05) is 39.3 Å². The summed E-state index contributed by atoms with van der Waals surface area (Å²) in [6.07, 6.45) is 1.78. The van der Waals surface area contributed by atoms with E-state index in [0.717, 1.165) is 38.7 Å². The topological polar surface area (TPSA) is 47.9 Å². The lowest BCUT2D eigenvalue weighted by Crippen LogP contribution is -2.48. The molecule has 5 nitrogen and oxygen atoms in total. The molecule has 0 bridgehead atoms. The average Bonchev–Trinajstić information content (AvgIpc) is 2.46. The Kier molecular flexibility index (Phi) is 8.28. The van der Waals surface area contributed by atoms with Crippen molar-refractivity contribution in [3.8, 4) is 0 Å². The zero-order valence-electron chi connectivity index (χ0n) is 15.1. The first-order valence-electron chi connectivity index (χ1n) is 8.82. The molecule has 0 saturated carbocycles. The van der Waals surface area contributed by atoms with Gasteiger partial charge in [0.05, 0.1) is 6.54 Å². The maximum absolute atomic E-state index is 12.0. The van der Waals surface area contributed by atoms with E-state index in [1.807, 2.05) is 18.7 Å². The normalized spacial score (nSPS) is 22.6. The molecule has 0 aromatic heterocycles. The quantitative estimate of drug-likeness (QED) is 0.604. The molecule has 1 N–H and O–H groups in total. The number of guanidine groups is 1. The Bertz CT molecular complexity index is 356. The van der Waals surface area contributed by atoms with Crippen molar-refractivity contribution >= 4 is 11.9 Å². The second kappa shape index (κ2) is 9.70. The largest absolute Gasteiger partial charge is 0.357 e. The zero-order valence-corrected chi connectivity index (χ0v) is 15.1. The van der Waals surface area contributed by atoms with Gasteiger partial charge in [0.1, 0.15) is 0 Å². The number of amides is 1. The summed E-state index contributed by atoms with van der Waals surface area (Å²) in [5.41, 5.74) is 0. The SMILES string of the molecule is CCNC(=NCCC(=O)N(CC)CC)N1CC(C)CC(C)C1. The molecule has 1 saturated heterocycles. The minimum absolute atomic E-state index is 0.199. The van der Waals surface area contributed by atoms with Gasteiger partial charge < -0.3 is 15.1 Å². The maximum Gasteiger partial charge on any atom is 0.224 e. The van der Waals surface area contributed by atoms with Crippen LogP contribution >= 0.6 is 0 Å². The summed E-state index contributed by atoms with van der Waals surface area (Å²) in [7, 11) is 0. The van der Waals surface area contributed by atoms with Crippen molar-refractivity contribution in [2.24, 2.45) is 16.8 Å². The number of carbonyl (C=O) groups excluding carboxylic acids is 1. The lowest BCUT2D eigenvalue weighted by Gasteiger charge is -2.37. The second-order valence-electron chi connectivity index (χ2n) is 6.40. The highest BCUT2D eigenvalue weighted by Gasteiger charge is 2.24. The number of rotatable bonds is 6. The summed E-state index contributed by atoms with van der Waals surface area (Å²) in [6.45, 7) is 15.8. The maximum atomic E-state index is 12.0. The summed E-state index contributed by atoms with van der Waals surface area (Å²) < 4.78 is 0. The van der Waals surface area contributed by atoms with Gasteiger partial charge in [0, 0.05) is 39.1 Å². The zero-order chi connectivity index (χ0) is 16.5. The van der Waals surface area contributed by atoms with E-state index >= 15 is 0 Å². The number of carbonyl (C=O) groups is 1. The molecular formula is C17H34N4O. The van der Waals surface area contributed by atoms with E-state index < -0.39 is 0 Å². The van der Waals surface area contributed by atoms with Crippen LogP contribution in [0.1, 0.15) is 47.5 Å². The minimum Gasteiger partial charge on any atom is -0.357 e. The highest BCUT2D eigenvalue weighted by Crippen LogP contribution is 2.20. The standard InChI is InChI=1S/C17H34N4O/c1-6-18-17(21-12-14(4)11-15(5)13-21)19-10-9-16(22)20(7-2)8-3/h14-15H,6-13H2,1-5H3,(H,18,19). The van der Waals surface area contributed by atoms with Gasteiger partial charge in [-0.3, -0.25) is 9.79 Å². The molecule has 0 aromatic rings. The van der Waals surface area contributed by atoms with Crippen LogP contribution in [-0.4, -0.2) is 60.9 Å². The molecule has 1 rings (SSSR count). The van der Waals surface area contributed by atoms with Gasteiger partial charge in [0.2, 0.25) is 5.91 Å². The van der Waals surface area contributed by atoms with Crippen LogP contribution in [0, 0.1) is 11.8 Å². The van der Waals surface area contributed by atoms with E-state index in [2.05, 4.69) is 36.0 Å². The van der Waals surface area contributed by atoms with E-state index in [9.17, 15) is 4.79 Å². The molecular weight excluding hydrogens is 276 g/mol. The molecule has 0 radical (unpaired) electrons. The predicted molar refractivity (Wildman–Crippen MR) is 93.0 cm³/mol. The van der Waals surface area contributed by atoms with E-state index in [1.54, 1.807) is 0 Å². The number of piperidine rings is 1. The number of aliphatic imine (C=N–C) groups is 1. The van der Waals surface area contributed by atoms with Gasteiger partial charge in [-0.15, -0.1) is 0 Å². The van der Waals surface area contributed by atoms with Crippen molar-refractivity contribution in [1.82, 2.24) is 15.1 Å². The van der Waals surface area contributed by atoms with Crippen LogP contribution in [0.2, 0.25) is 0 Å². The Hall–Kier alpha value is -1.26. The van der Waals surface area contributed by atoms with Crippen LogP contribution in [0.4, 0.5) is 0 Å². The molecule has 1 amide bonds. The summed E-state index contributed by atoms with van der Waals surface area (Å²) in [5.74, 6) is 2.56. The third kappa shape index (κ3) is 5.85. The van der Waals surface area contributed by atoms with Crippen LogP contribution in [0.3, 0.4) is 0 Å². The first kappa shape index (κ1) is 18.8. The van der Waals surface area contributed by atoms with Gasteiger partial charge in [-0.25, -0.2) is 0 Å². The number of nitrogens with zero attached hydrogens (tertiary/aromatic N) is 3. The van der Waals surface area contributed by atoms with Crippen molar-refractivity contribution in [2.45, 2.75) is 47.5 Å². The fourth-order valence-corrected chi connectivity index (χ4v) is 3.25. The van der Waals surface area contributed by atoms with Gasteiger partial charge in [-0.2, -0.15) is 0 Å². The van der Waals surface area contributed by atoms with Crippen LogP contribution in [0.25, 0.3) is 0 Å². The minimum atomic E-state index is 0.199. The lowest BCUT2D eigenvalue weighted by atomic mass is 9.92. The predicted octanol–water partition coefficient (Wildman–Crippen LogP) is 2.19.